The second-order valence-electron chi connectivity index (χ2n) is 6.01. The molecule has 0 amide bonds. The van der Waals surface area contributed by atoms with Gasteiger partial charge in [-0.2, -0.15) is 0 Å². The maximum absolute atomic E-state index is 5.20. The average Bonchev–Trinajstić information content (AvgIpc) is 3.08. The van der Waals surface area contributed by atoms with E-state index < -0.39 is 0 Å². The molecule has 0 saturated carbocycles. The smallest absolute Gasteiger partial charge is 0.191 e. The van der Waals surface area contributed by atoms with Gasteiger partial charge in [-0.1, -0.05) is 35.0 Å². The Morgan fingerprint density at radius 3 is 2.81 bits per heavy atom. The lowest BCUT2D eigenvalue weighted by Gasteiger charge is -2.18. The van der Waals surface area contributed by atoms with Crippen molar-refractivity contribution in [2.24, 2.45) is 4.99 Å². The van der Waals surface area contributed by atoms with Crippen molar-refractivity contribution in [1.29, 1.82) is 0 Å². The van der Waals surface area contributed by atoms with Gasteiger partial charge in [0.1, 0.15) is 12.2 Å². The molecule has 0 radical (unpaired) electrons. The Morgan fingerprint density at radius 2 is 2.12 bits per heavy atom. The summed E-state index contributed by atoms with van der Waals surface area (Å²) < 4.78 is 8.32. The van der Waals surface area contributed by atoms with Crippen molar-refractivity contribution in [2.75, 3.05) is 20.3 Å². The van der Waals surface area contributed by atoms with E-state index in [2.05, 4.69) is 67.3 Å². The van der Waals surface area contributed by atoms with Crippen LogP contribution in [0.2, 0.25) is 0 Å². The fourth-order valence-corrected chi connectivity index (χ4v) is 2.74. The quantitative estimate of drug-likeness (QED) is 0.479. The number of hydrogen-bond donors (Lipinski definition) is 2. The monoisotopic (exact) mass is 422 g/mol. The van der Waals surface area contributed by atoms with E-state index in [0.717, 1.165) is 41.3 Å². The van der Waals surface area contributed by atoms with Gasteiger partial charge in [-0.25, -0.2) is 4.99 Å². The summed E-state index contributed by atoms with van der Waals surface area (Å²) in [6, 6.07) is 8.34. The molecular weight excluding hydrogens is 396 g/mol. The van der Waals surface area contributed by atoms with Gasteiger partial charge in [0.2, 0.25) is 0 Å². The third kappa shape index (κ3) is 6.76. The lowest BCUT2D eigenvalue weighted by atomic mass is 10.2. The van der Waals surface area contributed by atoms with Crippen LogP contribution in [0.15, 0.2) is 40.1 Å². The first kappa shape index (κ1) is 20.4. The number of benzene rings is 1. The van der Waals surface area contributed by atoms with E-state index in [1.165, 1.54) is 0 Å². The zero-order valence-electron chi connectivity index (χ0n) is 15.6. The number of hydrogen-bond acceptors (Lipinski definition) is 4. The van der Waals surface area contributed by atoms with Crippen LogP contribution in [0.25, 0.3) is 0 Å². The molecule has 0 spiro atoms. The SMILES string of the molecule is CCc1nncn1CCNC(=NCc1ccc(Br)cc1)NC(C)COC. The molecule has 0 fully saturated rings. The molecule has 1 aromatic heterocycles. The topological polar surface area (TPSA) is 76.4 Å². The normalized spacial score (nSPS) is 12.8. The van der Waals surface area contributed by atoms with Gasteiger partial charge in [0.15, 0.2) is 5.96 Å². The average molecular weight is 423 g/mol. The minimum absolute atomic E-state index is 0.164. The van der Waals surface area contributed by atoms with Crippen LogP contribution < -0.4 is 10.6 Å². The molecule has 1 aromatic carbocycles. The highest BCUT2D eigenvalue weighted by atomic mass is 79.9. The van der Waals surface area contributed by atoms with Gasteiger partial charge < -0.3 is 19.9 Å². The van der Waals surface area contributed by atoms with Gasteiger partial charge in [0.25, 0.3) is 0 Å². The van der Waals surface area contributed by atoms with Crippen LogP contribution in [0.1, 0.15) is 25.2 Å². The molecule has 2 rings (SSSR count). The third-order valence-corrected chi connectivity index (χ3v) is 4.32. The first-order valence-corrected chi connectivity index (χ1v) is 9.56. The lowest BCUT2D eigenvalue weighted by molar-refractivity contribution is 0.179. The first-order chi connectivity index (χ1) is 12.6. The van der Waals surface area contributed by atoms with Gasteiger partial charge in [-0.05, 0) is 24.6 Å². The number of rotatable bonds is 9. The van der Waals surface area contributed by atoms with Crippen LogP contribution in [-0.2, 0) is 24.2 Å². The number of ether oxygens (including phenoxy) is 1. The summed E-state index contributed by atoms with van der Waals surface area (Å²) in [5, 5.41) is 14.8. The third-order valence-electron chi connectivity index (χ3n) is 3.79. The maximum atomic E-state index is 5.20. The summed E-state index contributed by atoms with van der Waals surface area (Å²) in [5.41, 5.74) is 1.15. The fourth-order valence-electron chi connectivity index (χ4n) is 2.47. The Kier molecular flexibility index (Phi) is 8.57. The minimum Gasteiger partial charge on any atom is -0.383 e. The molecule has 2 N–H and O–H groups in total. The summed E-state index contributed by atoms with van der Waals surface area (Å²) in [5.74, 6) is 1.75. The molecule has 0 aliphatic rings. The number of aromatic nitrogens is 3. The summed E-state index contributed by atoms with van der Waals surface area (Å²) >= 11 is 3.45. The largest absolute Gasteiger partial charge is 0.383 e. The summed E-state index contributed by atoms with van der Waals surface area (Å²) in [6.07, 6.45) is 2.63. The van der Waals surface area contributed by atoms with Gasteiger partial charge in [0.05, 0.1) is 13.2 Å². The minimum atomic E-state index is 0.164. The Bertz CT molecular complexity index is 685. The van der Waals surface area contributed by atoms with Crippen molar-refractivity contribution in [2.45, 2.75) is 39.4 Å². The molecule has 1 heterocycles. The second kappa shape index (κ2) is 10.9. The predicted octanol–water partition coefficient (Wildman–Crippen LogP) is 2.37. The molecule has 1 atom stereocenters. The molecule has 0 bridgehead atoms. The number of methoxy groups -OCH3 is 1. The van der Waals surface area contributed by atoms with Gasteiger partial charge in [-0.15, -0.1) is 10.2 Å². The summed E-state index contributed by atoms with van der Waals surface area (Å²) in [4.78, 5) is 4.69. The van der Waals surface area contributed by atoms with E-state index in [1.54, 1.807) is 13.4 Å². The molecule has 0 aliphatic carbocycles. The number of nitrogens with zero attached hydrogens (tertiary/aromatic N) is 4. The Morgan fingerprint density at radius 1 is 1.35 bits per heavy atom. The number of nitrogens with one attached hydrogen (secondary N) is 2. The van der Waals surface area contributed by atoms with Crippen molar-refractivity contribution in [3.05, 3.63) is 46.5 Å². The number of guanidine groups is 1. The number of halogens is 1. The highest BCUT2D eigenvalue weighted by Gasteiger charge is 2.06. The van der Waals surface area contributed by atoms with Gasteiger partial charge in [-0.3, -0.25) is 0 Å². The Hall–Kier alpha value is -1.93. The number of aliphatic imine (C=N–C) groups is 1. The maximum Gasteiger partial charge on any atom is 0.191 e. The second-order valence-corrected chi connectivity index (χ2v) is 6.93. The molecule has 8 heteroatoms. The van der Waals surface area contributed by atoms with Crippen LogP contribution in [0.5, 0.6) is 0 Å². The first-order valence-electron chi connectivity index (χ1n) is 8.77. The van der Waals surface area contributed by atoms with E-state index in [-0.39, 0.29) is 6.04 Å². The molecular formula is C18H27BrN6O. The fraction of sp³-hybridized carbons (Fsp3) is 0.500. The van der Waals surface area contributed by atoms with Crippen molar-refractivity contribution in [1.82, 2.24) is 25.4 Å². The van der Waals surface area contributed by atoms with Gasteiger partial charge in [0, 0.05) is 37.1 Å². The van der Waals surface area contributed by atoms with Crippen LogP contribution in [-0.4, -0.2) is 47.0 Å². The highest BCUT2D eigenvalue weighted by Crippen LogP contribution is 2.11. The molecule has 26 heavy (non-hydrogen) atoms. The Labute approximate surface area is 163 Å². The zero-order valence-corrected chi connectivity index (χ0v) is 17.2. The molecule has 1 unspecified atom stereocenters. The van der Waals surface area contributed by atoms with E-state index in [4.69, 9.17) is 9.73 Å². The van der Waals surface area contributed by atoms with Crippen molar-refractivity contribution in [3.8, 4) is 0 Å². The van der Waals surface area contributed by atoms with Crippen LogP contribution >= 0.6 is 15.9 Å². The van der Waals surface area contributed by atoms with Crippen LogP contribution in [0.3, 0.4) is 0 Å². The van der Waals surface area contributed by atoms with E-state index >= 15 is 0 Å². The van der Waals surface area contributed by atoms with E-state index in [9.17, 15) is 0 Å². The molecule has 142 valence electrons. The molecule has 0 saturated heterocycles. The van der Waals surface area contributed by atoms with Crippen LogP contribution in [0, 0.1) is 0 Å². The molecule has 0 aliphatic heterocycles. The van der Waals surface area contributed by atoms with E-state index in [0.29, 0.717) is 13.2 Å². The Balaban J connectivity index is 1.95. The number of aryl methyl sites for hydroxylation is 1. The van der Waals surface area contributed by atoms with Crippen molar-refractivity contribution >= 4 is 21.9 Å². The van der Waals surface area contributed by atoms with Crippen molar-refractivity contribution in [3.63, 3.8) is 0 Å². The zero-order chi connectivity index (χ0) is 18.8. The van der Waals surface area contributed by atoms with E-state index in [1.807, 2.05) is 12.1 Å². The lowest BCUT2D eigenvalue weighted by Crippen LogP contribution is -2.45. The summed E-state index contributed by atoms with van der Waals surface area (Å²) in [6.45, 7) is 6.88. The molecule has 7 nitrogen and oxygen atoms in total. The van der Waals surface area contributed by atoms with Crippen molar-refractivity contribution < 1.29 is 4.74 Å². The standard InChI is InChI=1S/C18H27BrN6O/c1-4-17-24-22-13-25(17)10-9-20-18(23-14(2)12-26-3)21-11-15-5-7-16(19)8-6-15/h5-8,13-14H,4,9-12H2,1-3H3,(H2,20,21,23). The van der Waals surface area contributed by atoms with Crippen LogP contribution in [0.4, 0.5) is 0 Å². The predicted molar refractivity (Wildman–Crippen MR) is 107 cm³/mol. The summed E-state index contributed by atoms with van der Waals surface area (Å²) in [7, 11) is 1.70. The molecule has 2 aromatic rings. The van der Waals surface area contributed by atoms with Gasteiger partial charge >= 0.3 is 0 Å². The highest BCUT2D eigenvalue weighted by molar-refractivity contribution is 9.10.